The lowest BCUT2D eigenvalue weighted by atomic mass is 10.1. The second-order valence-electron chi connectivity index (χ2n) is 5.48. The lowest BCUT2D eigenvalue weighted by Crippen LogP contribution is -2.52. The van der Waals surface area contributed by atoms with Crippen molar-refractivity contribution in [2.45, 2.75) is 31.6 Å². The van der Waals surface area contributed by atoms with Crippen molar-refractivity contribution in [2.75, 3.05) is 26.2 Å². The van der Waals surface area contributed by atoms with Crippen LogP contribution in [0.3, 0.4) is 0 Å². The fourth-order valence-corrected chi connectivity index (χ4v) is 2.45. The average molecular weight is 330 g/mol. The van der Waals surface area contributed by atoms with Crippen molar-refractivity contribution in [3.63, 3.8) is 0 Å². The molecule has 1 aromatic rings. The summed E-state index contributed by atoms with van der Waals surface area (Å²) in [6, 6.07) is 1.96. The highest BCUT2D eigenvalue weighted by molar-refractivity contribution is 9.10. The topological polar surface area (TPSA) is 49.6 Å². The van der Waals surface area contributed by atoms with Crippen LogP contribution in [0, 0.1) is 6.92 Å². The molecule has 0 bridgehead atoms. The molecule has 0 radical (unpaired) electrons. The first-order valence-corrected chi connectivity index (χ1v) is 7.28. The minimum Gasteiger partial charge on any atom is -0.360 e. The molecule has 0 unspecified atom stereocenters. The highest BCUT2D eigenvalue weighted by Gasteiger charge is 2.31. The minimum atomic E-state index is -0.475. The van der Waals surface area contributed by atoms with Gasteiger partial charge < -0.3 is 9.42 Å². The Hall–Kier alpha value is -0.880. The van der Waals surface area contributed by atoms with E-state index in [4.69, 9.17) is 4.52 Å². The Bertz CT molecular complexity index is 445. The van der Waals surface area contributed by atoms with E-state index in [2.05, 4.69) is 26.0 Å². The van der Waals surface area contributed by atoms with Crippen LogP contribution in [0.5, 0.6) is 0 Å². The van der Waals surface area contributed by atoms with Crippen LogP contribution in [0.15, 0.2) is 10.6 Å². The number of aromatic nitrogens is 1. The Morgan fingerprint density at radius 2 is 2.05 bits per heavy atom. The second-order valence-corrected chi connectivity index (χ2v) is 7.46. The minimum absolute atomic E-state index is 0.155. The van der Waals surface area contributed by atoms with Gasteiger partial charge in [-0.2, -0.15) is 0 Å². The summed E-state index contributed by atoms with van der Waals surface area (Å²) in [6.45, 7) is 9.73. The van der Waals surface area contributed by atoms with Crippen LogP contribution in [-0.4, -0.2) is 51.4 Å². The monoisotopic (exact) mass is 329 g/mol. The molecule has 0 saturated carbocycles. The molecule has 0 N–H and O–H groups in total. The van der Waals surface area contributed by atoms with Crippen molar-refractivity contribution in [3.05, 3.63) is 17.5 Å². The standard InChI is InChI=1S/C13H20BrN3O2/c1-10-8-11(19-15-10)9-16-4-6-17(7-5-16)12(18)13(2,3)14/h8H,4-7,9H2,1-3H3. The number of carbonyl (C=O) groups is 1. The molecular formula is C13H20BrN3O2. The summed E-state index contributed by atoms with van der Waals surface area (Å²) < 4.78 is 4.74. The van der Waals surface area contributed by atoms with Crippen molar-refractivity contribution in [1.82, 2.24) is 15.0 Å². The zero-order valence-corrected chi connectivity index (χ0v) is 13.2. The van der Waals surface area contributed by atoms with Crippen LogP contribution in [0.4, 0.5) is 0 Å². The predicted molar refractivity (Wildman–Crippen MR) is 76.1 cm³/mol. The van der Waals surface area contributed by atoms with Gasteiger partial charge >= 0.3 is 0 Å². The van der Waals surface area contributed by atoms with Crippen LogP contribution in [-0.2, 0) is 11.3 Å². The normalized spacial score (nSPS) is 17.8. The first-order valence-electron chi connectivity index (χ1n) is 6.49. The maximum Gasteiger partial charge on any atom is 0.238 e. The van der Waals surface area contributed by atoms with Gasteiger partial charge in [0.25, 0.3) is 0 Å². The fraction of sp³-hybridized carbons (Fsp3) is 0.692. The van der Waals surface area contributed by atoms with Crippen molar-refractivity contribution in [2.24, 2.45) is 0 Å². The lowest BCUT2D eigenvalue weighted by molar-refractivity contribution is -0.134. The Balaban J connectivity index is 1.84. The van der Waals surface area contributed by atoms with Crippen LogP contribution in [0.1, 0.15) is 25.3 Å². The van der Waals surface area contributed by atoms with Gasteiger partial charge in [0, 0.05) is 32.2 Å². The fourth-order valence-electron chi connectivity index (χ4n) is 2.20. The molecule has 0 spiro atoms. The van der Waals surface area contributed by atoms with Gasteiger partial charge in [0.1, 0.15) is 0 Å². The summed E-state index contributed by atoms with van der Waals surface area (Å²) >= 11 is 3.42. The van der Waals surface area contributed by atoms with Gasteiger partial charge in [-0.1, -0.05) is 21.1 Å². The number of halogens is 1. The first-order chi connectivity index (χ1) is 8.86. The number of piperazine rings is 1. The van der Waals surface area contributed by atoms with Crippen LogP contribution < -0.4 is 0 Å². The van der Waals surface area contributed by atoms with Gasteiger partial charge in [-0.05, 0) is 20.8 Å². The van der Waals surface area contributed by atoms with Crippen LogP contribution >= 0.6 is 15.9 Å². The summed E-state index contributed by atoms with van der Waals surface area (Å²) in [5, 5.41) is 3.89. The average Bonchev–Trinajstić information content (AvgIpc) is 2.74. The van der Waals surface area contributed by atoms with Gasteiger partial charge in [-0.15, -0.1) is 0 Å². The van der Waals surface area contributed by atoms with Crippen LogP contribution in [0.2, 0.25) is 0 Å². The number of nitrogens with zero attached hydrogens (tertiary/aromatic N) is 3. The molecular weight excluding hydrogens is 310 g/mol. The Morgan fingerprint density at radius 1 is 1.42 bits per heavy atom. The summed E-state index contributed by atoms with van der Waals surface area (Å²) in [6.07, 6.45) is 0. The van der Waals surface area contributed by atoms with Crippen molar-refractivity contribution < 1.29 is 9.32 Å². The molecule has 5 nitrogen and oxygen atoms in total. The second kappa shape index (κ2) is 5.63. The molecule has 0 aliphatic carbocycles. The largest absolute Gasteiger partial charge is 0.360 e. The van der Waals surface area contributed by atoms with Crippen LogP contribution in [0.25, 0.3) is 0 Å². The van der Waals surface area contributed by atoms with E-state index in [1.165, 1.54) is 0 Å². The number of hydrogen-bond acceptors (Lipinski definition) is 4. The Labute approximate surface area is 122 Å². The molecule has 1 aromatic heterocycles. The summed E-state index contributed by atoms with van der Waals surface area (Å²) in [5.41, 5.74) is 0.907. The number of alkyl halides is 1. The van der Waals surface area contributed by atoms with Gasteiger partial charge in [0.05, 0.1) is 16.6 Å². The third kappa shape index (κ3) is 3.79. The smallest absolute Gasteiger partial charge is 0.238 e. The molecule has 2 rings (SSSR count). The highest BCUT2D eigenvalue weighted by Crippen LogP contribution is 2.20. The lowest BCUT2D eigenvalue weighted by Gasteiger charge is -2.36. The number of aryl methyl sites for hydroxylation is 1. The van der Waals surface area contributed by atoms with Gasteiger partial charge in [-0.3, -0.25) is 9.69 Å². The molecule has 1 aliphatic heterocycles. The summed E-state index contributed by atoms with van der Waals surface area (Å²) in [7, 11) is 0. The van der Waals surface area contributed by atoms with E-state index < -0.39 is 4.32 Å². The van der Waals surface area contributed by atoms with Crippen molar-refractivity contribution in [3.8, 4) is 0 Å². The molecule has 0 aromatic carbocycles. The van der Waals surface area contributed by atoms with Crippen molar-refractivity contribution in [1.29, 1.82) is 0 Å². The van der Waals surface area contributed by atoms with E-state index >= 15 is 0 Å². The molecule has 1 fully saturated rings. The van der Waals surface area contributed by atoms with E-state index in [0.29, 0.717) is 0 Å². The summed E-state index contributed by atoms with van der Waals surface area (Å²) in [4.78, 5) is 16.3. The number of rotatable bonds is 3. The van der Waals surface area contributed by atoms with E-state index in [0.717, 1.165) is 44.2 Å². The molecule has 0 atom stereocenters. The third-order valence-electron chi connectivity index (χ3n) is 3.22. The summed E-state index contributed by atoms with van der Waals surface area (Å²) in [5.74, 6) is 1.04. The van der Waals surface area contributed by atoms with Crippen molar-refractivity contribution >= 4 is 21.8 Å². The van der Waals surface area contributed by atoms with E-state index in [9.17, 15) is 4.79 Å². The maximum absolute atomic E-state index is 12.1. The van der Waals surface area contributed by atoms with E-state index in [1.807, 2.05) is 31.7 Å². The Morgan fingerprint density at radius 3 is 2.53 bits per heavy atom. The molecule has 19 heavy (non-hydrogen) atoms. The third-order valence-corrected chi connectivity index (χ3v) is 3.56. The number of carbonyl (C=O) groups excluding carboxylic acids is 1. The van der Waals surface area contributed by atoms with E-state index in [-0.39, 0.29) is 5.91 Å². The Kier molecular flexibility index (Phi) is 4.30. The molecule has 1 amide bonds. The van der Waals surface area contributed by atoms with Gasteiger partial charge in [-0.25, -0.2) is 0 Å². The van der Waals surface area contributed by atoms with E-state index in [1.54, 1.807) is 0 Å². The molecule has 6 heteroatoms. The van der Waals surface area contributed by atoms with Gasteiger partial charge in [0.15, 0.2) is 5.76 Å². The SMILES string of the molecule is Cc1cc(CN2CCN(C(=O)C(C)(C)Br)CC2)on1. The zero-order chi connectivity index (χ0) is 14.0. The molecule has 106 valence electrons. The number of amides is 1. The highest BCUT2D eigenvalue weighted by atomic mass is 79.9. The molecule has 1 aliphatic rings. The maximum atomic E-state index is 12.1. The quantitative estimate of drug-likeness (QED) is 0.793. The molecule has 2 heterocycles. The number of hydrogen-bond donors (Lipinski definition) is 0. The van der Waals surface area contributed by atoms with Gasteiger partial charge in [0.2, 0.25) is 5.91 Å². The first kappa shape index (κ1) is 14.5. The molecule has 1 saturated heterocycles. The predicted octanol–water partition coefficient (Wildman–Crippen LogP) is 1.80. The zero-order valence-electron chi connectivity index (χ0n) is 11.6.